The molecule has 0 bridgehead atoms. The Balaban J connectivity index is 3.15. The molecule has 0 N–H and O–H groups in total. The highest BCUT2D eigenvalue weighted by Gasteiger charge is 2.25. The molecule has 5 nitrogen and oxygen atoms in total. The number of carbonyl (C=O) groups excluding carboxylic acids is 2. The molecule has 0 saturated heterocycles. The number of para-hydroxylation sites is 1. The average Bonchev–Trinajstić information content (AvgIpc) is 2.41. The molecule has 0 radical (unpaired) electrons. The Morgan fingerprint density at radius 1 is 1.33 bits per heavy atom. The number of benzene rings is 1. The largest absolute Gasteiger partial charge is 0.546 e. The highest BCUT2D eigenvalue weighted by molar-refractivity contribution is 6.06. The van der Waals surface area contributed by atoms with Crippen molar-refractivity contribution in [2.75, 3.05) is 6.61 Å². The second-order valence-electron chi connectivity index (χ2n) is 5.45. The van der Waals surface area contributed by atoms with Gasteiger partial charge in [-0.25, -0.2) is 0 Å². The van der Waals surface area contributed by atoms with Crippen LogP contribution in [0, 0.1) is 16.7 Å². The van der Waals surface area contributed by atoms with E-state index in [1.165, 1.54) is 6.08 Å². The normalized spacial score (nSPS) is 11.6. The maximum absolute atomic E-state index is 12.1. The van der Waals surface area contributed by atoms with Crippen LogP contribution in [-0.2, 0) is 9.59 Å². The average molecular weight is 286 g/mol. The van der Waals surface area contributed by atoms with Crippen LogP contribution >= 0.6 is 0 Å². The smallest absolute Gasteiger partial charge is 0.178 e. The van der Waals surface area contributed by atoms with Crippen molar-refractivity contribution in [3.8, 4) is 11.8 Å². The number of Topliss-reactive ketones (excluding diaryl/α,β-unsaturated/α-hetero) is 1. The zero-order chi connectivity index (χ0) is 16.0. The van der Waals surface area contributed by atoms with Crippen LogP contribution in [0.4, 0.5) is 0 Å². The SMILES string of the molecule is CC(C)(C)C(=O)/C(C#N)=C/c1ccccc1OCC(=O)[O-]. The summed E-state index contributed by atoms with van der Waals surface area (Å²) in [5.41, 5.74) is -0.220. The molecule has 0 aliphatic carbocycles. The van der Waals surface area contributed by atoms with Crippen molar-refractivity contribution in [1.29, 1.82) is 5.26 Å². The number of aliphatic carboxylic acids is 1. The summed E-state index contributed by atoms with van der Waals surface area (Å²) < 4.78 is 5.08. The summed E-state index contributed by atoms with van der Waals surface area (Å²) in [6, 6.07) is 8.44. The van der Waals surface area contributed by atoms with E-state index in [1.807, 2.05) is 6.07 Å². The number of hydrogen-bond donors (Lipinski definition) is 0. The zero-order valence-corrected chi connectivity index (χ0v) is 12.2. The van der Waals surface area contributed by atoms with E-state index in [0.29, 0.717) is 5.56 Å². The monoisotopic (exact) mass is 286 g/mol. The number of rotatable bonds is 5. The van der Waals surface area contributed by atoms with Gasteiger partial charge in [0.15, 0.2) is 5.78 Å². The van der Waals surface area contributed by atoms with Crippen LogP contribution in [0.2, 0.25) is 0 Å². The molecule has 5 heteroatoms. The number of nitriles is 1. The van der Waals surface area contributed by atoms with E-state index in [9.17, 15) is 14.7 Å². The van der Waals surface area contributed by atoms with Gasteiger partial charge in [0.25, 0.3) is 0 Å². The van der Waals surface area contributed by atoms with Gasteiger partial charge in [0.2, 0.25) is 0 Å². The van der Waals surface area contributed by atoms with Gasteiger partial charge in [-0.1, -0.05) is 39.0 Å². The van der Waals surface area contributed by atoms with Gasteiger partial charge < -0.3 is 14.6 Å². The number of allylic oxidation sites excluding steroid dienone is 1. The second kappa shape index (κ2) is 6.71. The van der Waals surface area contributed by atoms with Gasteiger partial charge in [0.1, 0.15) is 18.4 Å². The van der Waals surface area contributed by atoms with E-state index in [4.69, 9.17) is 10.00 Å². The number of carbonyl (C=O) groups is 2. The molecule has 21 heavy (non-hydrogen) atoms. The van der Waals surface area contributed by atoms with Gasteiger partial charge in [-0.3, -0.25) is 4.79 Å². The van der Waals surface area contributed by atoms with Crippen molar-refractivity contribution < 1.29 is 19.4 Å². The molecule has 110 valence electrons. The molecule has 1 aromatic rings. The maximum Gasteiger partial charge on any atom is 0.178 e. The summed E-state index contributed by atoms with van der Waals surface area (Å²) in [7, 11) is 0. The Labute approximate surface area is 123 Å². The predicted molar refractivity (Wildman–Crippen MR) is 75.0 cm³/mol. The molecule has 0 aliphatic heterocycles. The topological polar surface area (TPSA) is 90.2 Å². The summed E-state index contributed by atoms with van der Waals surface area (Å²) in [5.74, 6) is -1.36. The summed E-state index contributed by atoms with van der Waals surface area (Å²) in [6.07, 6.45) is 1.40. The van der Waals surface area contributed by atoms with E-state index in [-0.39, 0.29) is 17.1 Å². The molecule has 1 aromatic carbocycles. The lowest BCUT2D eigenvalue weighted by Gasteiger charge is -2.16. The Kier molecular flexibility index (Phi) is 5.25. The van der Waals surface area contributed by atoms with Crippen molar-refractivity contribution in [1.82, 2.24) is 0 Å². The minimum atomic E-state index is -1.35. The number of ether oxygens (including phenoxy) is 1. The zero-order valence-electron chi connectivity index (χ0n) is 12.2. The van der Waals surface area contributed by atoms with Gasteiger partial charge in [0, 0.05) is 11.0 Å². The lowest BCUT2D eigenvalue weighted by Crippen LogP contribution is -2.29. The molecule has 0 fully saturated rings. The first-order valence-corrected chi connectivity index (χ1v) is 6.34. The van der Waals surface area contributed by atoms with Crippen LogP contribution in [0.3, 0.4) is 0 Å². The Morgan fingerprint density at radius 2 is 1.95 bits per heavy atom. The van der Waals surface area contributed by atoms with E-state index in [0.717, 1.165) is 0 Å². The summed E-state index contributed by atoms with van der Waals surface area (Å²) in [6.45, 7) is 4.57. The van der Waals surface area contributed by atoms with Crippen molar-refractivity contribution in [2.45, 2.75) is 20.8 Å². The van der Waals surface area contributed by atoms with Crippen LogP contribution in [0.15, 0.2) is 29.8 Å². The third-order valence-corrected chi connectivity index (χ3v) is 2.61. The predicted octanol–water partition coefficient (Wildman–Crippen LogP) is 1.34. The fourth-order valence-electron chi connectivity index (χ4n) is 1.58. The quantitative estimate of drug-likeness (QED) is 0.601. The Bertz CT molecular complexity index is 618. The van der Waals surface area contributed by atoms with Gasteiger partial charge >= 0.3 is 0 Å². The first kappa shape index (κ1) is 16.4. The maximum atomic E-state index is 12.1. The second-order valence-corrected chi connectivity index (χ2v) is 5.45. The molecule has 0 aliphatic rings. The van der Waals surface area contributed by atoms with Gasteiger partial charge in [0.05, 0.1) is 11.5 Å². The molecule has 0 aromatic heterocycles. The van der Waals surface area contributed by atoms with Gasteiger partial charge in [-0.2, -0.15) is 5.26 Å². The molecule has 0 spiro atoms. The molecular weight excluding hydrogens is 270 g/mol. The summed E-state index contributed by atoms with van der Waals surface area (Å²) >= 11 is 0. The Morgan fingerprint density at radius 3 is 2.48 bits per heavy atom. The highest BCUT2D eigenvalue weighted by Crippen LogP contribution is 2.25. The third-order valence-electron chi connectivity index (χ3n) is 2.61. The van der Waals surface area contributed by atoms with Crippen LogP contribution in [0.5, 0.6) is 5.75 Å². The fourth-order valence-corrected chi connectivity index (χ4v) is 1.58. The first-order chi connectivity index (χ1) is 9.75. The summed E-state index contributed by atoms with van der Waals surface area (Å²) in [5, 5.41) is 19.6. The lowest BCUT2D eigenvalue weighted by molar-refractivity contribution is -0.307. The fraction of sp³-hybridized carbons (Fsp3) is 0.312. The van der Waals surface area contributed by atoms with Crippen molar-refractivity contribution in [3.63, 3.8) is 0 Å². The minimum Gasteiger partial charge on any atom is -0.546 e. The van der Waals surface area contributed by atoms with Crippen molar-refractivity contribution >= 4 is 17.8 Å². The summed E-state index contributed by atoms with van der Waals surface area (Å²) in [4.78, 5) is 22.6. The van der Waals surface area contributed by atoms with E-state index in [2.05, 4.69) is 0 Å². The van der Waals surface area contributed by atoms with Crippen LogP contribution in [-0.4, -0.2) is 18.4 Å². The van der Waals surface area contributed by atoms with Crippen LogP contribution < -0.4 is 9.84 Å². The molecule has 0 heterocycles. The number of nitrogens with zero attached hydrogens (tertiary/aromatic N) is 1. The molecule has 0 unspecified atom stereocenters. The van der Waals surface area contributed by atoms with Gasteiger partial charge in [-0.05, 0) is 12.1 Å². The number of ketones is 1. The van der Waals surface area contributed by atoms with E-state index < -0.39 is 18.0 Å². The molecular formula is C16H16NO4-. The number of carboxylic acids is 1. The van der Waals surface area contributed by atoms with E-state index >= 15 is 0 Å². The number of carboxylic acid groups (broad SMARTS) is 1. The standard InChI is InChI=1S/C16H17NO4/c1-16(2,3)15(20)12(9-17)8-11-6-4-5-7-13(11)21-10-14(18)19/h4-8H,10H2,1-3H3,(H,18,19)/p-1/b12-8+. The number of hydrogen-bond acceptors (Lipinski definition) is 5. The molecule has 0 amide bonds. The highest BCUT2D eigenvalue weighted by atomic mass is 16.5. The first-order valence-electron chi connectivity index (χ1n) is 6.34. The Hall–Kier alpha value is -2.61. The van der Waals surface area contributed by atoms with Crippen molar-refractivity contribution in [2.24, 2.45) is 5.41 Å². The molecule has 0 atom stereocenters. The van der Waals surface area contributed by atoms with Crippen molar-refractivity contribution in [3.05, 3.63) is 35.4 Å². The van der Waals surface area contributed by atoms with Crippen LogP contribution in [0.25, 0.3) is 6.08 Å². The minimum absolute atomic E-state index is 0.00741. The molecule has 1 rings (SSSR count). The molecule has 0 saturated carbocycles. The third kappa shape index (κ3) is 4.77. The van der Waals surface area contributed by atoms with Gasteiger partial charge in [-0.15, -0.1) is 0 Å². The van der Waals surface area contributed by atoms with Crippen LogP contribution in [0.1, 0.15) is 26.3 Å². The van der Waals surface area contributed by atoms with E-state index in [1.54, 1.807) is 45.0 Å². The lowest BCUT2D eigenvalue weighted by atomic mass is 9.86.